The molecule has 0 saturated heterocycles. The molecule has 8 heteroatoms. The number of nitrogens with one attached hydrogen (secondary N) is 2. The lowest BCUT2D eigenvalue weighted by Gasteiger charge is -2.22. The number of aryl methyl sites for hydroxylation is 1. The normalized spacial score (nSPS) is 15.0. The molecule has 3 rings (SSSR count). The zero-order valence-electron chi connectivity index (χ0n) is 16.1. The number of aromatic nitrogens is 3. The van der Waals surface area contributed by atoms with Crippen molar-refractivity contribution in [1.29, 1.82) is 0 Å². The van der Waals surface area contributed by atoms with Crippen LogP contribution in [0.4, 0.5) is 17.3 Å². The molecule has 3 heterocycles. The Morgan fingerprint density at radius 2 is 1.85 bits per heavy atom. The van der Waals surface area contributed by atoms with E-state index >= 15 is 0 Å². The van der Waals surface area contributed by atoms with Gasteiger partial charge in [0.25, 0.3) is 5.56 Å². The van der Waals surface area contributed by atoms with Gasteiger partial charge in [-0.05, 0) is 32.4 Å². The predicted octanol–water partition coefficient (Wildman–Crippen LogP) is 2.61. The highest BCUT2D eigenvalue weighted by Gasteiger charge is 2.38. The molecule has 0 bridgehead atoms. The third-order valence-electron chi connectivity index (χ3n) is 4.56. The summed E-state index contributed by atoms with van der Waals surface area (Å²) in [5.74, 6) is 0.360. The molecule has 0 fully saturated rings. The van der Waals surface area contributed by atoms with E-state index in [0.717, 1.165) is 5.56 Å². The second-order valence-electron chi connectivity index (χ2n) is 7.70. The third kappa shape index (κ3) is 3.47. The standard InChI is InChI=1S/C19H23N5O3/c1-10(2)17(26)23-15-7-14(20-9-21-15)22-12-6-11(3)16-13(25)8-19(4,5)24(16)18(12)27/h6-7,9-10H,8H2,1-5H3,(H2,20,21,22,23,26). The van der Waals surface area contributed by atoms with Gasteiger partial charge in [0.1, 0.15) is 23.7 Å². The summed E-state index contributed by atoms with van der Waals surface area (Å²) in [5.41, 5.74) is 0.656. The van der Waals surface area contributed by atoms with Crippen LogP contribution in [0.15, 0.2) is 23.3 Å². The van der Waals surface area contributed by atoms with Gasteiger partial charge in [-0.3, -0.25) is 19.0 Å². The second-order valence-corrected chi connectivity index (χ2v) is 7.70. The molecule has 2 N–H and O–H groups in total. The summed E-state index contributed by atoms with van der Waals surface area (Å²) < 4.78 is 1.55. The van der Waals surface area contributed by atoms with E-state index in [2.05, 4.69) is 20.6 Å². The van der Waals surface area contributed by atoms with Gasteiger partial charge in [0, 0.05) is 18.4 Å². The molecular weight excluding hydrogens is 346 g/mol. The summed E-state index contributed by atoms with van der Waals surface area (Å²) in [6.45, 7) is 9.12. The van der Waals surface area contributed by atoms with Crippen LogP contribution < -0.4 is 16.2 Å². The van der Waals surface area contributed by atoms with E-state index in [-0.39, 0.29) is 23.2 Å². The lowest BCUT2D eigenvalue weighted by molar-refractivity contribution is -0.118. The first-order valence-corrected chi connectivity index (χ1v) is 8.80. The van der Waals surface area contributed by atoms with Crippen molar-refractivity contribution >= 4 is 29.0 Å². The summed E-state index contributed by atoms with van der Waals surface area (Å²) in [5, 5.41) is 5.69. The lowest BCUT2D eigenvalue weighted by atomic mass is 10.0. The fourth-order valence-electron chi connectivity index (χ4n) is 3.21. The number of amides is 1. The summed E-state index contributed by atoms with van der Waals surface area (Å²) >= 11 is 0. The number of pyridine rings is 1. The van der Waals surface area contributed by atoms with E-state index in [1.54, 1.807) is 30.5 Å². The quantitative estimate of drug-likeness (QED) is 0.858. The Kier molecular flexibility index (Phi) is 4.59. The Hall–Kier alpha value is -3.03. The number of rotatable bonds is 4. The molecule has 0 aromatic carbocycles. The SMILES string of the molecule is Cc1cc(Nc2cc(NC(=O)C(C)C)ncn2)c(=O)n2c1C(=O)CC2(C)C. The first kappa shape index (κ1) is 18.8. The Morgan fingerprint density at radius 1 is 1.19 bits per heavy atom. The third-order valence-corrected chi connectivity index (χ3v) is 4.56. The number of ketones is 1. The zero-order valence-corrected chi connectivity index (χ0v) is 16.1. The molecule has 1 aliphatic rings. The largest absolute Gasteiger partial charge is 0.336 e. The molecule has 2 aromatic rings. The van der Waals surface area contributed by atoms with Gasteiger partial charge in [0.15, 0.2) is 5.78 Å². The summed E-state index contributed by atoms with van der Waals surface area (Å²) in [4.78, 5) is 45.2. The second kappa shape index (κ2) is 6.61. The number of carbonyl (C=O) groups excluding carboxylic acids is 2. The number of hydrogen-bond acceptors (Lipinski definition) is 6. The summed E-state index contributed by atoms with van der Waals surface area (Å²) in [6, 6.07) is 3.21. The molecule has 0 unspecified atom stereocenters. The highest BCUT2D eigenvalue weighted by Crippen LogP contribution is 2.32. The van der Waals surface area contributed by atoms with Gasteiger partial charge in [-0.15, -0.1) is 0 Å². The average Bonchev–Trinajstić information content (AvgIpc) is 2.82. The molecule has 0 saturated carbocycles. The number of carbonyl (C=O) groups is 2. The molecule has 2 aromatic heterocycles. The van der Waals surface area contributed by atoms with Crippen molar-refractivity contribution in [3.05, 3.63) is 40.1 Å². The van der Waals surface area contributed by atoms with Gasteiger partial charge in [0.2, 0.25) is 5.91 Å². The van der Waals surface area contributed by atoms with Gasteiger partial charge < -0.3 is 10.6 Å². The highest BCUT2D eigenvalue weighted by molar-refractivity contribution is 5.99. The van der Waals surface area contributed by atoms with Crippen LogP contribution in [0, 0.1) is 12.8 Å². The van der Waals surface area contributed by atoms with Crippen LogP contribution in [-0.2, 0) is 10.3 Å². The van der Waals surface area contributed by atoms with E-state index in [1.807, 2.05) is 20.8 Å². The maximum atomic E-state index is 13.0. The predicted molar refractivity (Wildman–Crippen MR) is 102 cm³/mol. The van der Waals surface area contributed by atoms with Gasteiger partial charge in [-0.25, -0.2) is 9.97 Å². The molecule has 0 spiro atoms. The van der Waals surface area contributed by atoms with Crippen LogP contribution in [-0.4, -0.2) is 26.2 Å². The van der Waals surface area contributed by atoms with Gasteiger partial charge >= 0.3 is 0 Å². The minimum atomic E-state index is -0.575. The number of anilines is 3. The topological polar surface area (TPSA) is 106 Å². The average molecular weight is 369 g/mol. The molecule has 142 valence electrons. The Morgan fingerprint density at radius 3 is 2.52 bits per heavy atom. The Labute approximate surface area is 157 Å². The fraction of sp³-hybridized carbons (Fsp3) is 0.421. The molecule has 1 aliphatic heterocycles. The van der Waals surface area contributed by atoms with Crippen molar-refractivity contribution in [3.8, 4) is 0 Å². The van der Waals surface area contributed by atoms with E-state index < -0.39 is 5.54 Å². The maximum Gasteiger partial charge on any atom is 0.275 e. The van der Waals surface area contributed by atoms with Crippen molar-refractivity contribution in [2.45, 2.75) is 46.6 Å². The van der Waals surface area contributed by atoms with E-state index in [1.165, 1.54) is 6.33 Å². The molecule has 0 radical (unpaired) electrons. The minimum Gasteiger partial charge on any atom is -0.336 e. The van der Waals surface area contributed by atoms with Crippen LogP contribution in [0.5, 0.6) is 0 Å². The van der Waals surface area contributed by atoms with E-state index in [0.29, 0.717) is 29.4 Å². The first-order chi connectivity index (χ1) is 12.6. The van der Waals surface area contributed by atoms with Crippen molar-refractivity contribution in [1.82, 2.24) is 14.5 Å². The smallest absolute Gasteiger partial charge is 0.275 e. The van der Waals surface area contributed by atoms with Crippen molar-refractivity contribution in [3.63, 3.8) is 0 Å². The number of hydrogen-bond donors (Lipinski definition) is 2. The Bertz CT molecular complexity index is 991. The summed E-state index contributed by atoms with van der Waals surface area (Å²) in [6.07, 6.45) is 1.61. The zero-order chi connectivity index (χ0) is 19.9. The van der Waals surface area contributed by atoms with Crippen LogP contribution in [0.1, 0.15) is 50.2 Å². The maximum absolute atomic E-state index is 13.0. The van der Waals surface area contributed by atoms with Crippen LogP contribution in [0.25, 0.3) is 0 Å². The van der Waals surface area contributed by atoms with Gasteiger partial charge in [-0.2, -0.15) is 0 Å². The summed E-state index contributed by atoms with van der Waals surface area (Å²) in [7, 11) is 0. The lowest BCUT2D eigenvalue weighted by Crippen LogP contribution is -2.34. The highest BCUT2D eigenvalue weighted by atomic mass is 16.2. The van der Waals surface area contributed by atoms with E-state index in [9.17, 15) is 14.4 Å². The number of fused-ring (bicyclic) bond motifs is 1. The molecule has 1 amide bonds. The first-order valence-electron chi connectivity index (χ1n) is 8.80. The minimum absolute atomic E-state index is 0.0260. The monoisotopic (exact) mass is 369 g/mol. The Balaban J connectivity index is 1.96. The molecule has 8 nitrogen and oxygen atoms in total. The van der Waals surface area contributed by atoms with Crippen LogP contribution in [0.2, 0.25) is 0 Å². The molecule has 0 atom stereocenters. The fourth-order valence-corrected chi connectivity index (χ4v) is 3.21. The molecule has 0 aliphatic carbocycles. The molecule has 27 heavy (non-hydrogen) atoms. The van der Waals surface area contributed by atoms with Gasteiger partial charge in [-0.1, -0.05) is 13.8 Å². The van der Waals surface area contributed by atoms with Gasteiger partial charge in [0.05, 0.1) is 11.2 Å². The number of Topliss-reactive ketones (excluding diaryl/α,β-unsaturated/α-hetero) is 1. The van der Waals surface area contributed by atoms with Crippen molar-refractivity contribution in [2.24, 2.45) is 5.92 Å². The van der Waals surface area contributed by atoms with Crippen LogP contribution >= 0.6 is 0 Å². The van der Waals surface area contributed by atoms with Crippen molar-refractivity contribution in [2.75, 3.05) is 10.6 Å². The van der Waals surface area contributed by atoms with E-state index in [4.69, 9.17) is 0 Å². The van der Waals surface area contributed by atoms with Crippen LogP contribution in [0.3, 0.4) is 0 Å². The number of nitrogens with zero attached hydrogens (tertiary/aromatic N) is 3. The molecular formula is C19H23N5O3. The van der Waals surface area contributed by atoms with Crippen molar-refractivity contribution < 1.29 is 9.59 Å².